The first-order valence-electron chi connectivity index (χ1n) is 16.1. The van der Waals surface area contributed by atoms with Crippen LogP contribution in [-0.4, -0.2) is 62.6 Å². The minimum Gasteiger partial charge on any atom is -0.456 e. The number of rotatable bonds is 5. The zero-order valence-electron chi connectivity index (χ0n) is 27.6. The third kappa shape index (κ3) is 12.1. The van der Waals surface area contributed by atoms with Crippen molar-refractivity contribution in [2.45, 2.75) is 134 Å². The van der Waals surface area contributed by atoms with Crippen molar-refractivity contribution in [1.29, 1.82) is 0 Å². The van der Waals surface area contributed by atoms with Crippen molar-refractivity contribution < 1.29 is 28.5 Å². The Hall–Kier alpha value is -2.03. The second-order valence-electron chi connectivity index (χ2n) is 14.2. The minimum absolute atomic E-state index is 0.0336. The van der Waals surface area contributed by atoms with E-state index in [1.54, 1.807) is 6.08 Å². The van der Waals surface area contributed by atoms with E-state index >= 15 is 0 Å². The van der Waals surface area contributed by atoms with Crippen molar-refractivity contribution in [1.82, 2.24) is 0 Å². The number of hydrogen-bond acceptors (Lipinski definition) is 6. The molecule has 1 N–H and O–H groups in total. The van der Waals surface area contributed by atoms with Gasteiger partial charge in [0.2, 0.25) is 0 Å². The highest BCUT2D eigenvalue weighted by Crippen LogP contribution is 2.38. The Morgan fingerprint density at radius 1 is 1.09 bits per heavy atom. The van der Waals surface area contributed by atoms with Crippen LogP contribution in [0.25, 0.3) is 0 Å². The Bertz CT molecular complexity index is 1080. The van der Waals surface area contributed by atoms with Crippen LogP contribution >= 0.6 is 0 Å². The number of aliphatic hydroxyl groups is 1. The van der Waals surface area contributed by atoms with Crippen molar-refractivity contribution >= 4 is 14.3 Å². The summed E-state index contributed by atoms with van der Waals surface area (Å²) in [5.74, 6) is -0.00889. The summed E-state index contributed by atoms with van der Waals surface area (Å²) in [4.78, 5) is 13.2. The summed E-state index contributed by atoms with van der Waals surface area (Å²) >= 11 is 0. The molecule has 2 bridgehead atoms. The maximum Gasteiger partial charge on any atom is 0.330 e. The van der Waals surface area contributed by atoms with E-state index in [9.17, 15) is 9.90 Å². The molecular weight excluding hydrogens is 556 g/mol. The Kier molecular flexibility index (Phi) is 13.5. The van der Waals surface area contributed by atoms with Crippen LogP contribution in [0.4, 0.5) is 0 Å². The quantitative estimate of drug-likeness (QED) is 0.193. The van der Waals surface area contributed by atoms with Gasteiger partial charge in [0.15, 0.2) is 8.32 Å². The molecule has 0 fully saturated rings. The first-order chi connectivity index (χ1) is 20.2. The van der Waals surface area contributed by atoms with Crippen LogP contribution < -0.4 is 0 Å². The summed E-state index contributed by atoms with van der Waals surface area (Å²) in [5, 5.41) is 10.8. The maximum atomic E-state index is 13.2. The van der Waals surface area contributed by atoms with Crippen molar-refractivity contribution in [2.75, 3.05) is 6.61 Å². The minimum atomic E-state index is -2.25. The normalized spacial score (nSPS) is 32.8. The Labute approximate surface area is 261 Å². The largest absolute Gasteiger partial charge is 0.456 e. The maximum absolute atomic E-state index is 13.2. The van der Waals surface area contributed by atoms with Crippen LogP contribution in [0.15, 0.2) is 72.4 Å². The van der Waals surface area contributed by atoms with Gasteiger partial charge in [-0.05, 0) is 69.5 Å². The number of esters is 1. The van der Waals surface area contributed by atoms with Crippen molar-refractivity contribution in [3.8, 4) is 0 Å². The molecule has 6 nitrogen and oxygen atoms in total. The van der Waals surface area contributed by atoms with E-state index in [4.69, 9.17) is 18.6 Å². The molecule has 240 valence electrons. The highest BCUT2D eigenvalue weighted by atomic mass is 28.4. The zero-order chi connectivity index (χ0) is 31.6. The lowest BCUT2D eigenvalue weighted by molar-refractivity contribution is -0.146. The molecular formula is C36H56O6Si. The predicted octanol–water partition coefficient (Wildman–Crippen LogP) is 7.92. The van der Waals surface area contributed by atoms with Crippen LogP contribution in [0.2, 0.25) is 18.1 Å². The van der Waals surface area contributed by atoms with Gasteiger partial charge in [-0.3, -0.25) is 0 Å². The molecule has 0 amide bonds. The van der Waals surface area contributed by atoms with Gasteiger partial charge in [-0.2, -0.15) is 0 Å². The van der Waals surface area contributed by atoms with Gasteiger partial charge in [0, 0.05) is 12.5 Å². The van der Waals surface area contributed by atoms with Gasteiger partial charge in [0.05, 0.1) is 31.0 Å². The van der Waals surface area contributed by atoms with Crippen LogP contribution in [0.3, 0.4) is 0 Å². The summed E-state index contributed by atoms with van der Waals surface area (Å²) in [5.41, 5.74) is 2.32. The fourth-order valence-corrected chi connectivity index (χ4v) is 6.75. The van der Waals surface area contributed by atoms with Gasteiger partial charge in [0.25, 0.3) is 0 Å². The lowest BCUT2D eigenvalue weighted by Crippen LogP contribution is -2.47. The number of carbonyl (C=O) groups excluding carboxylic acids is 1. The molecule has 3 aliphatic heterocycles. The van der Waals surface area contributed by atoms with E-state index in [1.165, 1.54) is 11.6 Å². The number of carbonyl (C=O) groups is 1. The molecule has 0 unspecified atom stereocenters. The standard InChI is InChI=1S/C36H56O6Si/c1-26-20-21-39-31(24-26)18-19-34(42-43(7,8)36(4,5)6)33-16-9-12-29(37)23-27(2)22-28(3)25-32-15-10-13-30(40-32)14-11-17-35(38)41-33/h9-13,17-20,28-34,37H,2,14-16,21-25H2,1,3-8H3/b12-9+,17-11-,19-18+/t28-,29+,30-,31+,32-,33-,34+/m0/s1. The molecule has 0 saturated heterocycles. The highest BCUT2D eigenvalue weighted by Gasteiger charge is 2.41. The number of aliphatic hydroxyl groups excluding tert-OH is 1. The highest BCUT2D eigenvalue weighted by molar-refractivity contribution is 6.74. The summed E-state index contributed by atoms with van der Waals surface area (Å²) < 4.78 is 25.3. The lowest BCUT2D eigenvalue weighted by atomic mass is 9.91. The smallest absolute Gasteiger partial charge is 0.330 e. The van der Waals surface area contributed by atoms with E-state index in [1.807, 2.05) is 18.2 Å². The summed E-state index contributed by atoms with van der Waals surface area (Å²) in [7, 11) is -2.25. The van der Waals surface area contributed by atoms with Gasteiger partial charge < -0.3 is 23.7 Å². The van der Waals surface area contributed by atoms with Crippen LogP contribution in [-0.2, 0) is 23.4 Å². The zero-order valence-corrected chi connectivity index (χ0v) is 28.6. The molecule has 0 aliphatic carbocycles. The predicted molar refractivity (Wildman–Crippen MR) is 177 cm³/mol. The number of ether oxygens (including phenoxy) is 3. The first kappa shape index (κ1) is 35.4. The van der Waals surface area contributed by atoms with Gasteiger partial charge in [-0.1, -0.05) is 94.0 Å². The van der Waals surface area contributed by atoms with Gasteiger partial charge in [-0.25, -0.2) is 4.79 Å². The van der Waals surface area contributed by atoms with Gasteiger partial charge >= 0.3 is 5.97 Å². The number of hydrogen-bond donors (Lipinski definition) is 1. The number of cyclic esters (lactones) is 1. The Morgan fingerprint density at radius 3 is 2.56 bits per heavy atom. The molecule has 7 heteroatoms. The third-order valence-electron chi connectivity index (χ3n) is 8.92. The summed E-state index contributed by atoms with van der Waals surface area (Å²) in [6.07, 6.45) is 20.8. The second-order valence-corrected chi connectivity index (χ2v) is 18.9. The Morgan fingerprint density at radius 2 is 1.84 bits per heavy atom. The fraction of sp³-hybridized carbons (Fsp3) is 0.639. The fourth-order valence-electron chi connectivity index (χ4n) is 5.48. The van der Waals surface area contributed by atoms with E-state index < -0.39 is 32.6 Å². The molecule has 3 rings (SSSR count). The third-order valence-corrected chi connectivity index (χ3v) is 13.4. The molecule has 0 saturated carbocycles. The summed E-state index contributed by atoms with van der Waals surface area (Å²) in [6, 6.07) is 0. The first-order valence-corrected chi connectivity index (χ1v) is 19.0. The Balaban J connectivity index is 1.89. The van der Waals surface area contributed by atoms with E-state index in [-0.39, 0.29) is 23.4 Å². The molecule has 43 heavy (non-hydrogen) atoms. The molecule has 3 aliphatic rings. The average molecular weight is 613 g/mol. The lowest BCUT2D eigenvalue weighted by Gasteiger charge is -2.40. The average Bonchev–Trinajstić information content (AvgIpc) is 2.89. The molecule has 0 spiro atoms. The van der Waals surface area contributed by atoms with E-state index in [2.05, 4.69) is 78.6 Å². The molecule has 7 atom stereocenters. The molecule has 0 aromatic rings. The molecule has 3 heterocycles. The topological polar surface area (TPSA) is 74.2 Å². The van der Waals surface area contributed by atoms with E-state index in [0.717, 1.165) is 31.3 Å². The van der Waals surface area contributed by atoms with Crippen molar-refractivity contribution in [3.05, 3.63) is 72.4 Å². The van der Waals surface area contributed by atoms with Crippen molar-refractivity contribution in [2.24, 2.45) is 5.92 Å². The van der Waals surface area contributed by atoms with Crippen molar-refractivity contribution in [3.63, 3.8) is 0 Å². The monoisotopic (exact) mass is 612 g/mol. The van der Waals surface area contributed by atoms with E-state index in [0.29, 0.717) is 31.8 Å². The van der Waals surface area contributed by atoms with Crippen LogP contribution in [0, 0.1) is 5.92 Å². The molecule has 0 radical (unpaired) electrons. The molecule has 0 aromatic carbocycles. The molecule has 0 aromatic heterocycles. The van der Waals surface area contributed by atoms with Gasteiger partial charge in [-0.15, -0.1) is 0 Å². The van der Waals surface area contributed by atoms with Crippen LogP contribution in [0.5, 0.6) is 0 Å². The van der Waals surface area contributed by atoms with Crippen LogP contribution in [0.1, 0.15) is 79.6 Å². The number of fused-ring (bicyclic) bond motifs is 2. The SMILES string of the molecule is C=C1C[C@H](C)C[C@@H]2CC=C[C@@H](C/C=C\C(=O)O[C@H]([C@@H](/C=C/[C@@H]3CC(C)=CCO3)O[Si](C)(C)C(C)(C)C)C/C=C/[C@@H](O)C1)O2. The van der Waals surface area contributed by atoms with Gasteiger partial charge in [0.1, 0.15) is 12.2 Å². The summed E-state index contributed by atoms with van der Waals surface area (Å²) in [6.45, 7) is 20.2. The second kappa shape index (κ2) is 16.3.